The Bertz CT molecular complexity index is 1240. The number of nitrogens with one attached hydrogen (secondary N) is 1. The summed E-state index contributed by atoms with van der Waals surface area (Å²) in [5.41, 5.74) is 0.431. The summed E-state index contributed by atoms with van der Waals surface area (Å²) in [6.07, 6.45) is 11.2. The van der Waals surface area contributed by atoms with Gasteiger partial charge in [-0.3, -0.25) is 14.4 Å². The molecule has 5 fully saturated rings. The number of rotatable bonds is 9. The summed E-state index contributed by atoms with van der Waals surface area (Å²) in [5.74, 6) is 1.18. The molecule has 0 aliphatic heterocycles. The highest BCUT2D eigenvalue weighted by atomic mass is 16.5. The summed E-state index contributed by atoms with van der Waals surface area (Å²) in [6.45, 7) is 22.5. The number of esters is 1. The van der Waals surface area contributed by atoms with Crippen LogP contribution >= 0.6 is 0 Å². The molecule has 10 atom stereocenters. The minimum atomic E-state index is -1.14. The van der Waals surface area contributed by atoms with Crippen LogP contribution in [-0.4, -0.2) is 47.3 Å². The molecule has 0 saturated heterocycles. The molecule has 0 spiro atoms. The highest BCUT2D eigenvalue weighted by Crippen LogP contribution is 2.78. The number of hydrogen-bond acceptors (Lipinski definition) is 5. The van der Waals surface area contributed by atoms with Gasteiger partial charge in [-0.2, -0.15) is 0 Å². The number of aliphatic hydroxyl groups is 1. The van der Waals surface area contributed by atoms with Crippen molar-refractivity contribution >= 4 is 17.8 Å². The van der Waals surface area contributed by atoms with Gasteiger partial charge in [0.05, 0.1) is 18.4 Å². The Kier molecular flexibility index (Phi) is 9.17. The average molecular weight is 642 g/mol. The smallest absolute Gasteiger partial charge is 0.309 e. The van der Waals surface area contributed by atoms with Gasteiger partial charge in [0.1, 0.15) is 6.10 Å². The van der Waals surface area contributed by atoms with Crippen LogP contribution in [-0.2, 0) is 19.1 Å². The zero-order chi connectivity index (χ0) is 34.1. The molecule has 3 N–H and O–H groups in total. The molecule has 0 aromatic heterocycles. The number of carbonyl (C=O) groups excluding carboxylic acids is 2. The zero-order valence-corrected chi connectivity index (χ0v) is 30.1. The predicted molar refractivity (Wildman–Crippen MR) is 180 cm³/mol. The maximum Gasteiger partial charge on any atom is 0.309 e. The molecule has 0 aromatic carbocycles. The van der Waals surface area contributed by atoms with E-state index in [2.05, 4.69) is 53.4 Å². The van der Waals surface area contributed by atoms with Crippen molar-refractivity contribution in [3.63, 3.8) is 0 Å². The van der Waals surface area contributed by atoms with Crippen molar-refractivity contribution in [2.75, 3.05) is 13.2 Å². The number of ether oxygens (including phenoxy) is 1. The second-order valence-corrected chi connectivity index (χ2v) is 18.5. The lowest BCUT2D eigenvalue weighted by Crippen LogP contribution is -2.67. The normalized spacial score (nSPS) is 42.9. The summed E-state index contributed by atoms with van der Waals surface area (Å²) in [6, 6.07) is 0. The summed E-state index contributed by atoms with van der Waals surface area (Å²) in [7, 11) is 0. The van der Waals surface area contributed by atoms with Gasteiger partial charge in [-0.05, 0) is 136 Å². The van der Waals surface area contributed by atoms with E-state index >= 15 is 0 Å². The number of carbonyl (C=O) groups is 3. The number of carboxylic acid groups (broad SMARTS) is 1. The minimum Gasteiger partial charge on any atom is -0.481 e. The number of amides is 1. The molecule has 1 amide bonds. The topological polar surface area (TPSA) is 113 Å². The number of allylic oxidation sites excluding steroid dienone is 1. The SMILES string of the molecule is C=C(C)[C@@H]1CC[C@]2(CC(=O)NCCO)CC[C@]3(C)[C@H](CC[C@@H]4[C@@]5(C)CC[C@H](OC(=O)CC(C)(C)C(=O)O)C(C)(C)[C@@H]5CC[C@]43C)[C@@H]12. The van der Waals surface area contributed by atoms with Crippen LogP contribution in [0.1, 0.15) is 132 Å². The lowest BCUT2D eigenvalue weighted by molar-refractivity contribution is -0.250. The number of fused-ring (bicyclic) bond motifs is 7. The van der Waals surface area contributed by atoms with Gasteiger partial charge in [0.15, 0.2) is 0 Å². The third-order valence-electron chi connectivity index (χ3n) is 15.6. The maximum atomic E-state index is 13.2. The molecule has 0 aromatic rings. The van der Waals surface area contributed by atoms with Crippen LogP contribution in [0.4, 0.5) is 0 Å². The van der Waals surface area contributed by atoms with E-state index in [9.17, 15) is 24.6 Å². The Labute approximate surface area is 278 Å². The molecule has 0 heterocycles. The molecule has 5 rings (SSSR count). The van der Waals surface area contributed by atoms with Crippen LogP contribution in [0.3, 0.4) is 0 Å². The molecule has 5 aliphatic carbocycles. The second kappa shape index (κ2) is 11.9. The first kappa shape index (κ1) is 35.4. The van der Waals surface area contributed by atoms with Crippen molar-refractivity contribution in [1.82, 2.24) is 5.32 Å². The largest absolute Gasteiger partial charge is 0.481 e. The van der Waals surface area contributed by atoms with E-state index in [1.165, 1.54) is 18.4 Å². The third kappa shape index (κ3) is 5.37. The van der Waals surface area contributed by atoms with Crippen molar-refractivity contribution in [1.29, 1.82) is 0 Å². The Balaban J connectivity index is 1.40. The standard InChI is InChI=1S/C39H63NO6/c1-24(2)25-12-17-39(22-30(42)40-20-21-41)19-18-37(8)26(32(25)39)10-11-28-36(7)15-14-29(46-31(43)23-34(3,4)33(44)45)35(5,6)27(36)13-16-38(28,37)9/h25-29,32,41H,1,10-23H2,2-9H3,(H,40,42)(H,44,45)/t25-,26+,27-,28+,29-,32+,36-,37+,38+,39+/m0/s1. The summed E-state index contributed by atoms with van der Waals surface area (Å²) < 4.78 is 6.15. The van der Waals surface area contributed by atoms with E-state index in [-0.39, 0.29) is 52.1 Å². The van der Waals surface area contributed by atoms with Crippen LogP contribution in [0.15, 0.2) is 12.2 Å². The molecule has 0 unspecified atom stereocenters. The Morgan fingerprint density at radius 3 is 2.22 bits per heavy atom. The van der Waals surface area contributed by atoms with Gasteiger partial charge in [-0.15, -0.1) is 0 Å². The van der Waals surface area contributed by atoms with E-state index in [1.807, 2.05) is 0 Å². The van der Waals surface area contributed by atoms with Crippen LogP contribution in [0.5, 0.6) is 0 Å². The van der Waals surface area contributed by atoms with E-state index in [0.29, 0.717) is 42.6 Å². The van der Waals surface area contributed by atoms with Gasteiger partial charge >= 0.3 is 11.9 Å². The highest BCUT2D eigenvalue weighted by molar-refractivity contribution is 5.81. The molecule has 0 radical (unpaired) electrons. The molecule has 5 saturated carbocycles. The van der Waals surface area contributed by atoms with E-state index in [0.717, 1.165) is 51.4 Å². The van der Waals surface area contributed by atoms with Gasteiger partial charge in [0.2, 0.25) is 5.91 Å². The Morgan fingerprint density at radius 2 is 1.59 bits per heavy atom. The fourth-order valence-electron chi connectivity index (χ4n) is 13.0. The molecule has 7 nitrogen and oxygen atoms in total. The zero-order valence-electron chi connectivity index (χ0n) is 30.1. The van der Waals surface area contributed by atoms with Gasteiger partial charge in [-0.25, -0.2) is 0 Å². The lowest BCUT2D eigenvalue weighted by atomic mass is 9.32. The van der Waals surface area contributed by atoms with Crippen molar-refractivity contribution < 1.29 is 29.3 Å². The Morgan fingerprint density at radius 1 is 0.891 bits per heavy atom. The quantitative estimate of drug-likeness (QED) is 0.177. The van der Waals surface area contributed by atoms with E-state index < -0.39 is 17.4 Å². The molecular weight excluding hydrogens is 578 g/mol. The molecule has 260 valence electrons. The maximum absolute atomic E-state index is 13.2. The fraction of sp³-hybridized carbons (Fsp3) is 0.872. The molecule has 0 bridgehead atoms. The van der Waals surface area contributed by atoms with Gasteiger partial charge in [0.25, 0.3) is 0 Å². The van der Waals surface area contributed by atoms with Crippen LogP contribution in [0.25, 0.3) is 0 Å². The van der Waals surface area contributed by atoms with Gasteiger partial charge in [-0.1, -0.05) is 46.8 Å². The third-order valence-corrected chi connectivity index (χ3v) is 15.6. The van der Waals surface area contributed by atoms with Crippen LogP contribution in [0, 0.1) is 62.1 Å². The van der Waals surface area contributed by atoms with Crippen LogP contribution < -0.4 is 5.32 Å². The van der Waals surface area contributed by atoms with Gasteiger partial charge in [0, 0.05) is 18.4 Å². The first-order valence-electron chi connectivity index (χ1n) is 18.2. The molecule has 7 heteroatoms. The van der Waals surface area contributed by atoms with Crippen LogP contribution in [0.2, 0.25) is 0 Å². The molecule has 5 aliphatic rings. The summed E-state index contributed by atoms with van der Waals surface area (Å²) in [4.78, 5) is 37.9. The first-order valence-corrected chi connectivity index (χ1v) is 18.2. The Hall–Kier alpha value is -1.89. The lowest BCUT2D eigenvalue weighted by Gasteiger charge is -2.73. The van der Waals surface area contributed by atoms with E-state index in [1.54, 1.807) is 13.8 Å². The fourth-order valence-corrected chi connectivity index (χ4v) is 13.0. The first-order chi connectivity index (χ1) is 21.3. The van der Waals surface area contributed by atoms with Gasteiger partial charge < -0.3 is 20.3 Å². The summed E-state index contributed by atoms with van der Waals surface area (Å²) in [5, 5.41) is 21.9. The number of aliphatic hydroxyl groups excluding tert-OH is 1. The van der Waals surface area contributed by atoms with Crippen molar-refractivity contribution in [3.8, 4) is 0 Å². The number of hydrogen-bond donors (Lipinski definition) is 3. The number of carboxylic acids is 1. The second-order valence-electron chi connectivity index (χ2n) is 18.5. The van der Waals surface area contributed by atoms with Crippen molar-refractivity contribution in [2.24, 2.45) is 62.1 Å². The summed E-state index contributed by atoms with van der Waals surface area (Å²) >= 11 is 0. The minimum absolute atomic E-state index is 0.0107. The molecule has 46 heavy (non-hydrogen) atoms. The molecular formula is C39H63NO6. The average Bonchev–Trinajstić information content (AvgIpc) is 3.33. The highest BCUT2D eigenvalue weighted by Gasteiger charge is 2.71. The monoisotopic (exact) mass is 641 g/mol. The van der Waals surface area contributed by atoms with E-state index in [4.69, 9.17) is 4.74 Å². The predicted octanol–water partition coefficient (Wildman–Crippen LogP) is 7.56. The number of aliphatic carboxylic acids is 1. The van der Waals surface area contributed by atoms with Crippen molar-refractivity contribution in [2.45, 2.75) is 139 Å². The van der Waals surface area contributed by atoms with Crippen molar-refractivity contribution in [3.05, 3.63) is 12.2 Å².